The van der Waals surface area contributed by atoms with Crippen molar-refractivity contribution >= 4 is 26.8 Å². The predicted octanol–water partition coefficient (Wildman–Crippen LogP) is 4.46. The topological polar surface area (TPSA) is 14.2 Å². The summed E-state index contributed by atoms with van der Waals surface area (Å²) >= 11 is 3.50. The molecule has 1 heterocycles. The Hall–Kier alpha value is -1.74. The maximum absolute atomic E-state index is 5.40. The van der Waals surface area contributed by atoms with Gasteiger partial charge >= 0.3 is 0 Å². The Morgan fingerprint density at radius 3 is 2.79 bits per heavy atom. The van der Waals surface area contributed by atoms with Gasteiger partial charge in [0.15, 0.2) is 0 Å². The third kappa shape index (κ3) is 2.38. The zero-order valence-electron chi connectivity index (χ0n) is 10.6. The van der Waals surface area contributed by atoms with E-state index in [0.29, 0.717) is 0 Å². The summed E-state index contributed by atoms with van der Waals surface area (Å²) in [6.07, 6.45) is 2.11. The number of halogens is 1. The summed E-state index contributed by atoms with van der Waals surface area (Å²) in [6, 6.07) is 16.6. The zero-order valence-corrected chi connectivity index (χ0v) is 12.2. The third-order valence-corrected chi connectivity index (χ3v) is 3.76. The van der Waals surface area contributed by atoms with Crippen LogP contribution in [0.5, 0.6) is 5.75 Å². The Balaban J connectivity index is 2.01. The first kappa shape index (κ1) is 12.3. The number of nitrogens with zero attached hydrogens (tertiary/aromatic N) is 1. The number of rotatable bonds is 3. The van der Waals surface area contributed by atoms with Crippen molar-refractivity contribution in [3.05, 3.63) is 64.8 Å². The van der Waals surface area contributed by atoms with Crippen molar-refractivity contribution in [2.24, 2.45) is 0 Å². The van der Waals surface area contributed by atoms with Crippen LogP contribution in [0.15, 0.2) is 59.2 Å². The van der Waals surface area contributed by atoms with E-state index in [1.165, 1.54) is 16.5 Å². The fourth-order valence-electron chi connectivity index (χ4n) is 2.33. The van der Waals surface area contributed by atoms with Crippen molar-refractivity contribution in [3.63, 3.8) is 0 Å². The van der Waals surface area contributed by atoms with E-state index in [4.69, 9.17) is 4.74 Å². The maximum Gasteiger partial charge on any atom is 0.123 e. The van der Waals surface area contributed by atoms with Crippen LogP contribution in [0.3, 0.4) is 0 Å². The number of fused-ring (bicyclic) bond motifs is 1. The fourth-order valence-corrected chi connectivity index (χ4v) is 2.70. The summed E-state index contributed by atoms with van der Waals surface area (Å²) in [5, 5.41) is 1.24. The Morgan fingerprint density at radius 2 is 1.95 bits per heavy atom. The highest BCUT2D eigenvalue weighted by Crippen LogP contribution is 2.24. The van der Waals surface area contributed by atoms with Crippen LogP contribution in [0.4, 0.5) is 0 Å². The van der Waals surface area contributed by atoms with Gasteiger partial charge in [0, 0.05) is 27.1 Å². The Kier molecular flexibility index (Phi) is 3.30. The molecule has 1 aromatic heterocycles. The molecule has 0 fully saturated rings. The van der Waals surface area contributed by atoms with E-state index in [2.05, 4.69) is 57.0 Å². The van der Waals surface area contributed by atoms with E-state index < -0.39 is 0 Å². The van der Waals surface area contributed by atoms with Crippen LogP contribution < -0.4 is 4.74 Å². The lowest BCUT2D eigenvalue weighted by Crippen LogP contribution is -2.00. The van der Waals surface area contributed by atoms with Crippen molar-refractivity contribution in [1.29, 1.82) is 0 Å². The molecule has 3 heteroatoms. The van der Waals surface area contributed by atoms with Crippen molar-refractivity contribution in [1.82, 2.24) is 4.57 Å². The van der Waals surface area contributed by atoms with Gasteiger partial charge in [-0.3, -0.25) is 0 Å². The number of para-hydroxylation sites is 1. The van der Waals surface area contributed by atoms with Gasteiger partial charge in [-0.15, -0.1) is 0 Å². The van der Waals surface area contributed by atoms with Crippen LogP contribution in [0, 0.1) is 0 Å². The largest absolute Gasteiger partial charge is 0.496 e. The highest BCUT2D eigenvalue weighted by atomic mass is 79.9. The smallest absolute Gasteiger partial charge is 0.123 e. The number of ether oxygens (including phenoxy) is 1. The van der Waals surface area contributed by atoms with E-state index in [-0.39, 0.29) is 0 Å². The van der Waals surface area contributed by atoms with Gasteiger partial charge in [0.05, 0.1) is 13.7 Å². The second kappa shape index (κ2) is 5.10. The highest BCUT2D eigenvalue weighted by Gasteiger charge is 2.05. The Bertz CT molecular complexity index is 718. The average Bonchev–Trinajstić information content (AvgIpc) is 2.82. The Morgan fingerprint density at radius 1 is 1.11 bits per heavy atom. The quantitative estimate of drug-likeness (QED) is 0.696. The molecule has 2 aromatic carbocycles. The molecule has 0 amide bonds. The number of aromatic nitrogens is 1. The second-order valence-corrected chi connectivity index (χ2v) is 5.37. The lowest BCUT2D eigenvalue weighted by atomic mass is 10.2. The molecule has 3 rings (SSSR count). The van der Waals surface area contributed by atoms with Gasteiger partial charge in [0.2, 0.25) is 0 Å². The normalized spacial score (nSPS) is 10.8. The van der Waals surface area contributed by atoms with E-state index >= 15 is 0 Å². The minimum absolute atomic E-state index is 0.815. The van der Waals surface area contributed by atoms with E-state index in [9.17, 15) is 0 Å². The number of hydrogen-bond donors (Lipinski definition) is 0. The van der Waals surface area contributed by atoms with Crippen LogP contribution in [0.1, 0.15) is 5.56 Å². The maximum atomic E-state index is 5.40. The average molecular weight is 316 g/mol. The van der Waals surface area contributed by atoms with Crippen LogP contribution in [-0.4, -0.2) is 11.7 Å². The van der Waals surface area contributed by atoms with Gasteiger partial charge in [-0.05, 0) is 30.3 Å². The zero-order chi connectivity index (χ0) is 13.2. The van der Waals surface area contributed by atoms with Gasteiger partial charge in [-0.2, -0.15) is 0 Å². The van der Waals surface area contributed by atoms with Crippen molar-refractivity contribution in [2.45, 2.75) is 6.54 Å². The molecule has 0 aliphatic carbocycles. The molecule has 0 aliphatic rings. The summed E-state index contributed by atoms with van der Waals surface area (Å²) in [4.78, 5) is 0. The molecule has 3 aromatic rings. The van der Waals surface area contributed by atoms with Gasteiger partial charge < -0.3 is 9.30 Å². The van der Waals surface area contributed by atoms with Crippen LogP contribution in [0.25, 0.3) is 10.9 Å². The lowest BCUT2D eigenvalue weighted by Gasteiger charge is -2.10. The minimum Gasteiger partial charge on any atom is -0.496 e. The lowest BCUT2D eigenvalue weighted by molar-refractivity contribution is 0.408. The minimum atomic E-state index is 0.815. The van der Waals surface area contributed by atoms with Gasteiger partial charge in [-0.25, -0.2) is 0 Å². The predicted molar refractivity (Wildman–Crippen MR) is 81.7 cm³/mol. The van der Waals surface area contributed by atoms with Gasteiger partial charge in [-0.1, -0.05) is 34.1 Å². The van der Waals surface area contributed by atoms with E-state index in [1.54, 1.807) is 7.11 Å². The summed E-state index contributed by atoms with van der Waals surface area (Å²) in [6.45, 7) is 0.815. The van der Waals surface area contributed by atoms with E-state index in [1.807, 2.05) is 18.2 Å². The summed E-state index contributed by atoms with van der Waals surface area (Å²) < 4.78 is 8.75. The first-order valence-corrected chi connectivity index (χ1v) is 6.93. The molecular formula is C16H14BrNO. The highest BCUT2D eigenvalue weighted by molar-refractivity contribution is 9.10. The van der Waals surface area contributed by atoms with Crippen molar-refractivity contribution < 1.29 is 4.74 Å². The number of methoxy groups -OCH3 is 1. The molecule has 19 heavy (non-hydrogen) atoms. The molecule has 0 unspecified atom stereocenters. The SMILES string of the molecule is COc1ccccc1Cn1ccc2cc(Br)ccc21. The molecule has 0 bridgehead atoms. The summed E-state index contributed by atoms with van der Waals surface area (Å²) in [5.74, 6) is 0.932. The Labute approximate surface area is 120 Å². The van der Waals surface area contributed by atoms with Crippen LogP contribution in [-0.2, 0) is 6.54 Å². The first-order chi connectivity index (χ1) is 9.28. The number of benzene rings is 2. The summed E-state index contributed by atoms with van der Waals surface area (Å²) in [5.41, 5.74) is 2.42. The fraction of sp³-hybridized carbons (Fsp3) is 0.125. The van der Waals surface area contributed by atoms with Crippen LogP contribution in [0.2, 0.25) is 0 Å². The molecule has 2 nitrogen and oxygen atoms in total. The summed E-state index contributed by atoms with van der Waals surface area (Å²) in [7, 11) is 1.71. The van der Waals surface area contributed by atoms with Crippen molar-refractivity contribution in [3.8, 4) is 5.75 Å². The molecule has 0 radical (unpaired) electrons. The molecular weight excluding hydrogens is 302 g/mol. The molecule has 0 spiro atoms. The molecule has 0 atom stereocenters. The standard InChI is InChI=1S/C16H14BrNO/c1-19-16-5-3-2-4-13(16)11-18-9-8-12-10-14(17)6-7-15(12)18/h2-10H,11H2,1H3. The molecule has 0 N–H and O–H groups in total. The molecule has 0 saturated carbocycles. The van der Waals surface area contributed by atoms with Gasteiger partial charge in [0.1, 0.15) is 5.75 Å². The van der Waals surface area contributed by atoms with Crippen LogP contribution >= 0.6 is 15.9 Å². The third-order valence-electron chi connectivity index (χ3n) is 3.27. The first-order valence-electron chi connectivity index (χ1n) is 6.14. The second-order valence-electron chi connectivity index (χ2n) is 4.46. The molecule has 0 aliphatic heterocycles. The van der Waals surface area contributed by atoms with Gasteiger partial charge in [0.25, 0.3) is 0 Å². The monoisotopic (exact) mass is 315 g/mol. The molecule has 0 saturated heterocycles. The molecule has 96 valence electrons. The van der Waals surface area contributed by atoms with E-state index in [0.717, 1.165) is 16.8 Å². The van der Waals surface area contributed by atoms with Crippen molar-refractivity contribution in [2.75, 3.05) is 7.11 Å². The number of hydrogen-bond acceptors (Lipinski definition) is 1.